The fourth-order valence-electron chi connectivity index (χ4n) is 3.65. The van der Waals surface area contributed by atoms with Crippen LogP contribution < -0.4 is 0 Å². The van der Waals surface area contributed by atoms with Gasteiger partial charge in [0.05, 0.1) is 10.7 Å². The lowest BCUT2D eigenvalue weighted by Gasteiger charge is -2.34. The molecule has 0 aromatic carbocycles. The maximum Gasteiger partial charge on any atom is 0.265 e. The highest BCUT2D eigenvalue weighted by Crippen LogP contribution is 2.28. The molecule has 11 heteroatoms. The number of aromatic nitrogens is 1. The van der Waals surface area contributed by atoms with Gasteiger partial charge in [-0.3, -0.25) is 9.69 Å². The number of sulfonamides is 1. The number of carbonyl (C=O) groups is 1. The lowest BCUT2D eigenvalue weighted by Crippen LogP contribution is -2.48. The van der Waals surface area contributed by atoms with E-state index < -0.39 is 10.0 Å². The molecule has 0 bridgehead atoms. The molecular weight excluding hydrogens is 461 g/mol. The summed E-state index contributed by atoms with van der Waals surface area (Å²) in [6.07, 6.45) is 0.954. The molecule has 0 unspecified atom stereocenters. The van der Waals surface area contributed by atoms with Gasteiger partial charge in [0, 0.05) is 62.7 Å². The van der Waals surface area contributed by atoms with Crippen LogP contribution >= 0.6 is 34.4 Å². The zero-order valence-corrected chi connectivity index (χ0v) is 20.2. The summed E-state index contributed by atoms with van der Waals surface area (Å²) < 4.78 is 27.7. The van der Waals surface area contributed by atoms with Gasteiger partial charge in [0.2, 0.25) is 10.0 Å². The Labute approximate surface area is 190 Å². The van der Waals surface area contributed by atoms with E-state index >= 15 is 0 Å². The molecule has 2 aliphatic heterocycles. The Morgan fingerprint density at radius 1 is 1.10 bits per heavy atom. The van der Waals surface area contributed by atoms with E-state index in [2.05, 4.69) is 22.2 Å². The number of thioether (sulfide) groups is 1. The Bertz CT molecular complexity index is 974. The number of aryl methyl sites for hydroxylation is 1. The summed E-state index contributed by atoms with van der Waals surface area (Å²) in [7, 11) is -3.62. The van der Waals surface area contributed by atoms with E-state index in [4.69, 9.17) is 0 Å². The van der Waals surface area contributed by atoms with Gasteiger partial charge in [-0.25, -0.2) is 13.4 Å². The van der Waals surface area contributed by atoms with Crippen LogP contribution in [0.2, 0.25) is 0 Å². The number of thiophene rings is 1. The van der Waals surface area contributed by atoms with E-state index in [1.54, 1.807) is 39.4 Å². The highest BCUT2D eigenvalue weighted by molar-refractivity contribution is 7.99. The van der Waals surface area contributed by atoms with Crippen LogP contribution in [0, 0.1) is 0 Å². The number of carbonyl (C=O) groups excluding carboxylic acids is 1. The molecular formula is C19H26N4O3S4. The van der Waals surface area contributed by atoms with Crippen LogP contribution in [0.1, 0.15) is 27.3 Å². The monoisotopic (exact) mass is 486 g/mol. The minimum Gasteiger partial charge on any atom is -0.335 e. The molecule has 2 saturated heterocycles. The van der Waals surface area contributed by atoms with Crippen molar-refractivity contribution in [3.63, 3.8) is 0 Å². The largest absolute Gasteiger partial charge is 0.335 e. The second kappa shape index (κ2) is 9.66. The zero-order chi connectivity index (χ0) is 21.1. The van der Waals surface area contributed by atoms with E-state index in [0.717, 1.165) is 48.3 Å². The van der Waals surface area contributed by atoms with Crippen LogP contribution in [0.25, 0.3) is 0 Å². The van der Waals surface area contributed by atoms with Crippen LogP contribution in [0.3, 0.4) is 0 Å². The molecule has 2 aliphatic rings. The first-order chi connectivity index (χ1) is 14.5. The minimum atomic E-state index is -3.62. The molecule has 2 aromatic heterocycles. The van der Waals surface area contributed by atoms with Crippen LogP contribution in [0.15, 0.2) is 21.7 Å². The van der Waals surface area contributed by atoms with Gasteiger partial charge in [-0.1, -0.05) is 6.92 Å². The summed E-state index contributed by atoms with van der Waals surface area (Å²) >= 11 is 4.68. The number of nitrogens with zero attached hydrogens (tertiary/aromatic N) is 4. The van der Waals surface area contributed by atoms with Crippen molar-refractivity contribution in [3.8, 4) is 0 Å². The minimum absolute atomic E-state index is 0.168. The first-order valence-electron chi connectivity index (χ1n) is 10.1. The summed E-state index contributed by atoms with van der Waals surface area (Å²) in [4.78, 5) is 22.4. The Balaban J connectivity index is 1.40. The number of rotatable bonds is 6. The number of amides is 1. The van der Waals surface area contributed by atoms with Gasteiger partial charge < -0.3 is 4.90 Å². The zero-order valence-electron chi connectivity index (χ0n) is 16.9. The Hall–Kier alpha value is -0.980. The molecule has 2 aromatic rings. The molecule has 164 valence electrons. The third-order valence-corrected chi connectivity index (χ3v) is 10.3. The lowest BCUT2D eigenvalue weighted by atomic mass is 10.2. The van der Waals surface area contributed by atoms with Crippen molar-refractivity contribution in [2.24, 2.45) is 0 Å². The molecule has 0 N–H and O–H groups in total. The molecule has 4 heterocycles. The summed E-state index contributed by atoms with van der Waals surface area (Å²) in [5.74, 6) is 1.43. The summed E-state index contributed by atoms with van der Waals surface area (Å²) in [6, 6.07) is 1.58. The second-order valence-corrected chi connectivity index (χ2v) is 12.3. The summed E-state index contributed by atoms with van der Waals surface area (Å²) in [5.41, 5.74) is 1.09. The fraction of sp³-hybridized carbons (Fsp3) is 0.579. The van der Waals surface area contributed by atoms with Gasteiger partial charge in [-0.2, -0.15) is 16.1 Å². The molecule has 0 spiro atoms. The van der Waals surface area contributed by atoms with Gasteiger partial charge in [0.15, 0.2) is 0 Å². The van der Waals surface area contributed by atoms with Gasteiger partial charge >= 0.3 is 0 Å². The number of thiazole rings is 1. The highest BCUT2D eigenvalue weighted by Gasteiger charge is 2.33. The molecule has 0 aliphatic carbocycles. The second-order valence-electron chi connectivity index (χ2n) is 7.28. The molecule has 7 nitrogen and oxygen atoms in total. The maximum atomic E-state index is 13.1. The van der Waals surface area contributed by atoms with Crippen molar-refractivity contribution in [1.29, 1.82) is 0 Å². The van der Waals surface area contributed by atoms with E-state index in [-0.39, 0.29) is 10.8 Å². The first-order valence-corrected chi connectivity index (χ1v) is 14.4. The van der Waals surface area contributed by atoms with E-state index in [9.17, 15) is 13.2 Å². The van der Waals surface area contributed by atoms with Gasteiger partial charge in [-0.05, 0) is 17.9 Å². The van der Waals surface area contributed by atoms with Crippen molar-refractivity contribution >= 4 is 50.4 Å². The number of hydrogen-bond acceptors (Lipinski definition) is 8. The fourth-order valence-corrected chi connectivity index (χ4v) is 8.32. The predicted molar refractivity (Wildman–Crippen MR) is 123 cm³/mol. The smallest absolute Gasteiger partial charge is 0.265 e. The van der Waals surface area contributed by atoms with E-state index in [0.29, 0.717) is 31.1 Å². The average Bonchev–Trinajstić information content (AvgIpc) is 3.44. The summed E-state index contributed by atoms with van der Waals surface area (Å²) in [6.45, 7) is 6.64. The van der Waals surface area contributed by atoms with Crippen molar-refractivity contribution in [1.82, 2.24) is 19.1 Å². The van der Waals surface area contributed by atoms with E-state index in [1.807, 2.05) is 0 Å². The molecule has 1 amide bonds. The lowest BCUT2D eigenvalue weighted by molar-refractivity contribution is 0.0628. The summed E-state index contributed by atoms with van der Waals surface area (Å²) in [5, 5.41) is 4.97. The topological polar surface area (TPSA) is 73.8 Å². The van der Waals surface area contributed by atoms with Crippen LogP contribution in [0.4, 0.5) is 0 Å². The molecule has 30 heavy (non-hydrogen) atoms. The molecule has 2 fully saturated rings. The number of piperazine rings is 1. The Morgan fingerprint density at radius 3 is 2.50 bits per heavy atom. The number of hydrogen-bond donors (Lipinski definition) is 0. The first kappa shape index (κ1) is 22.2. The Morgan fingerprint density at radius 2 is 1.83 bits per heavy atom. The third kappa shape index (κ3) is 4.76. The van der Waals surface area contributed by atoms with E-state index in [1.165, 1.54) is 15.6 Å². The van der Waals surface area contributed by atoms with Gasteiger partial charge in [0.1, 0.15) is 9.77 Å². The van der Waals surface area contributed by atoms with Gasteiger partial charge in [-0.15, -0.1) is 22.7 Å². The van der Waals surface area contributed by atoms with Crippen molar-refractivity contribution in [3.05, 3.63) is 32.4 Å². The maximum absolute atomic E-state index is 13.1. The van der Waals surface area contributed by atoms with Gasteiger partial charge in [0.25, 0.3) is 5.91 Å². The SMILES string of the molecule is CCc1nc(CN2CCN(C(=O)c3sccc3S(=O)(=O)N3CCSCC3)CC2)cs1. The molecule has 4 rings (SSSR count). The van der Waals surface area contributed by atoms with Crippen LogP contribution in [-0.4, -0.2) is 84.2 Å². The standard InChI is InChI=1S/C19H26N4O3S4/c1-2-17-20-15(14-29-17)13-21-4-6-22(7-5-21)19(24)18-16(3-10-28-18)30(25,26)23-8-11-27-12-9-23/h3,10,14H,2,4-9,11-13H2,1H3. The van der Waals surface area contributed by atoms with Crippen molar-refractivity contribution in [2.75, 3.05) is 50.8 Å². The van der Waals surface area contributed by atoms with Crippen LogP contribution in [0.5, 0.6) is 0 Å². The normalized spacial score (nSPS) is 19.3. The van der Waals surface area contributed by atoms with Crippen molar-refractivity contribution in [2.45, 2.75) is 24.8 Å². The van der Waals surface area contributed by atoms with Crippen LogP contribution in [-0.2, 0) is 23.0 Å². The predicted octanol–water partition coefficient (Wildman–Crippen LogP) is 2.46. The van der Waals surface area contributed by atoms with Crippen molar-refractivity contribution < 1.29 is 13.2 Å². The Kier molecular flexibility index (Phi) is 7.16. The molecule has 0 atom stereocenters. The molecule has 0 saturated carbocycles. The molecule has 0 radical (unpaired) electrons. The quantitative estimate of drug-likeness (QED) is 0.625. The highest BCUT2D eigenvalue weighted by atomic mass is 32.2. The average molecular weight is 487 g/mol. The third-order valence-electron chi connectivity index (χ3n) is 5.36.